The van der Waals surface area contributed by atoms with Crippen LogP contribution in [0.15, 0.2) is 6.33 Å². The highest BCUT2D eigenvalue weighted by molar-refractivity contribution is 7.85. The van der Waals surface area contributed by atoms with Gasteiger partial charge in [0.15, 0.2) is 11.6 Å². The van der Waals surface area contributed by atoms with Crippen molar-refractivity contribution in [2.75, 3.05) is 53.3 Å². The van der Waals surface area contributed by atoms with E-state index in [2.05, 4.69) is 35.5 Å². The number of anilines is 3. The van der Waals surface area contributed by atoms with Gasteiger partial charge in [0.2, 0.25) is 5.95 Å². The average Bonchev–Trinajstić information content (AvgIpc) is 2.60. The summed E-state index contributed by atoms with van der Waals surface area (Å²) in [4.78, 5) is 19.9. The van der Waals surface area contributed by atoms with Crippen molar-refractivity contribution in [3.63, 3.8) is 0 Å². The molecule has 2 aromatic rings. The number of hydrogen-bond donors (Lipinski definition) is 3. The van der Waals surface area contributed by atoms with E-state index in [1.165, 1.54) is 6.33 Å². The SMILES string of the molecule is CC(C)Nc1ncnc2c(N3CCS(=O)CC3)nc(NCCO)nc12. The predicted octanol–water partition coefficient (Wildman–Crippen LogP) is 0.213. The molecule has 0 aliphatic carbocycles. The van der Waals surface area contributed by atoms with Crippen LogP contribution in [0.4, 0.5) is 17.6 Å². The van der Waals surface area contributed by atoms with Gasteiger partial charge in [0.1, 0.15) is 17.4 Å². The van der Waals surface area contributed by atoms with Crippen LogP contribution < -0.4 is 15.5 Å². The Morgan fingerprint density at radius 2 is 2.00 bits per heavy atom. The van der Waals surface area contributed by atoms with Crippen molar-refractivity contribution in [2.24, 2.45) is 0 Å². The van der Waals surface area contributed by atoms with E-state index in [0.717, 1.165) is 0 Å². The Bertz CT molecular complexity index is 761. The van der Waals surface area contributed by atoms with Crippen LogP contribution >= 0.6 is 0 Å². The summed E-state index contributed by atoms with van der Waals surface area (Å²) in [6, 6.07) is 0.197. The molecule has 3 heterocycles. The van der Waals surface area contributed by atoms with Gasteiger partial charge in [-0.05, 0) is 13.8 Å². The summed E-state index contributed by atoms with van der Waals surface area (Å²) in [5.74, 6) is 3.01. The van der Waals surface area contributed by atoms with Gasteiger partial charge >= 0.3 is 0 Å². The van der Waals surface area contributed by atoms with E-state index in [-0.39, 0.29) is 12.6 Å². The Morgan fingerprint density at radius 1 is 1.24 bits per heavy atom. The van der Waals surface area contributed by atoms with Crippen LogP contribution in [-0.4, -0.2) is 73.0 Å². The van der Waals surface area contributed by atoms with Crippen molar-refractivity contribution in [1.82, 2.24) is 19.9 Å². The Hall–Kier alpha value is -2.07. The van der Waals surface area contributed by atoms with Gasteiger partial charge in [-0.25, -0.2) is 15.0 Å². The molecule has 1 fully saturated rings. The molecule has 25 heavy (non-hydrogen) atoms. The molecular weight excluding hydrogens is 342 g/mol. The average molecular weight is 365 g/mol. The number of nitrogens with one attached hydrogen (secondary N) is 2. The van der Waals surface area contributed by atoms with E-state index >= 15 is 0 Å². The van der Waals surface area contributed by atoms with Gasteiger partial charge in [0, 0.05) is 48.0 Å². The summed E-state index contributed by atoms with van der Waals surface area (Å²) in [6.07, 6.45) is 1.50. The van der Waals surface area contributed by atoms with Crippen LogP contribution in [0.25, 0.3) is 11.0 Å². The lowest BCUT2D eigenvalue weighted by Crippen LogP contribution is -2.38. The van der Waals surface area contributed by atoms with Crippen molar-refractivity contribution in [1.29, 1.82) is 0 Å². The van der Waals surface area contributed by atoms with Crippen LogP contribution in [0.1, 0.15) is 13.8 Å². The van der Waals surface area contributed by atoms with Crippen molar-refractivity contribution < 1.29 is 9.32 Å². The van der Waals surface area contributed by atoms with E-state index in [1.54, 1.807) is 0 Å². The maximum Gasteiger partial charge on any atom is 0.225 e. The van der Waals surface area contributed by atoms with Crippen LogP contribution in [0.2, 0.25) is 0 Å². The number of aromatic nitrogens is 4. The minimum Gasteiger partial charge on any atom is -0.395 e. The highest BCUT2D eigenvalue weighted by Gasteiger charge is 2.22. The first-order valence-corrected chi connectivity index (χ1v) is 9.81. The lowest BCUT2D eigenvalue weighted by molar-refractivity contribution is 0.311. The number of rotatable bonds is 6. The summed E-state index contributed by atoms with van der Waals surface area (Å²) >= 11 is 0. The molecule has 136 valence electrons. The Morgan fingerprint density at radius 3 is 2.68 bits per heavy atom. The Kier molecular flexibility index (Phi) is 5.59. The molecule has 9 nitrogen and oxygen atoms in total. The molecule has 1 aliphatic rings. The molecule has 0 radical (unpaired) electrons. The minimum absolute atomic E-state index is 0.0121. The maximum atomic E-state index is 11.7. The summed E-state index contributed by atoms with van der Waals surface area (Å²) in [5.41, 5.74) is 1.30. The normalized spacial score (nSPS) is 15.8. The molecule has 1 saturated heterocycles. The minimum atomic E-state index is -0.770. The molecule has 3 rings (SSSR count). The largest absolute Gasteiger partial charge is 0.395 e. The second-order valence-electron chi connectivity index (χ2n) is 6.07. The lowest BCUT2D eigenvalue weighted by Gasteiger charge is -2.28. The first-order valence-electron chi connectivity index (χ1n) is 8.32. The summed E-state index contributed by atoms with van der Waals surface area (Å²) in [7, 11) is -0.770. The summed E-state index contributed by atoms with van der Waals surface area (Å²) in [6.45, 7) is 5.73. The summed E-state index contributed by atoms with van der Waals surface area (Å²) < 4.78 is 11.7. The van der Waals surface area contributed by atoms with Crippen molar-refractivity contribution >= 4 is 39.4 Å². The number of aliphatic hydroxyl groups is 1. The second kappa shape index (κ2) is 7.87. The van der Waals surface area contributed by atoms with Gasteiger partial charge < -0.3 is 20.6 Å². The highest BCUT2D eigenvalue weighted by Crippen LogP contribution is 2.28. The number of aliphatic hydroxyl groups excluding tert-OH is 1. The Balaban J connectivity index is 2.07. The Labute approximate surface area is 148 Å². The fourth-order valence-electron chi connectivity index (χ4n) is 2.63. The molecule has 3 N–H and O–H groups in total. The van der Waals surface area contributed by atoms with Gasteiger partial charge in [-0.15, -0.1) is 0 Å². The fraction of sp³-hybridized carbons (Fsp3) is 0.600. The zero-order chi connectivity index (χ0) is 17.8. The van der Waals surface area contributed by atoms with Gasteiger partial charge in [-0.1, -0.05) is 0 Å². The second-order valence-corrected chi connectivity index (χ2v) is 7.77. The molecule has 1 aliphatic heterocycles. The molecule has 0 unspecified atom stereocenters. The lowest BCUT2D eigenvalue weighted by atomic mass is 10.3. The number of fused-ring (bicyclic) bond motifs is 1. The molecule has 10 heteroatoms. The molecule has 0 aromatic carbocycles. The molecule has 0 bridgehead atoms. The first kappa shape index (κ1) is 17.7. The van der Waals surface area contributed by atoms with Crippen LogP contribution in [-0.2, 0) is 10.8 Å². The third-order valence-corrected chi connectivity index (χ3v) is 5.04. The van der Waals surface area contributed by atoms with E-state index in [4.69, 9.17) is 5.11 Å². The smallest absolute Gasteiger partial charge is 0.225 e. The maximum absolute atomic E-state index is 11.7. The van der Waals surface area contributed by atoms with E-state index in [1.807, 2.05) is 13.8 Å². The van der Waals surface area contributed by atoms with Crippen LogP contribution in [0, 0.1) is 0 Å². The van der Waals surface area contributed by atoms with Gasteiger partial charge in [-0.3, -0.25) is 4.21 Å². The van der Waals surface area contributed by atoms with Crippen molar-refractivity contribution in [2.45, 2.75) is 19.9 Å². The first-order chi connectivity index (χ1) is 12.1. The van der Waals surface area contributed by atoms with Gasteiger partial charge in [-0.2, -0.15) is 4.98 Å². The molecule has 2 aromatic heterocycles. The number of nitrogens with zero attached hydrogens (tertiary/aromatic N) is 5. The fourth-order valence-corrected chi connectivity index (χ4v) is 3.68. The summed E-state index contributed by atoms with van der Waals surface area (Å²) in [5, 5.41) is 15.4. The molecule has 0 atom stereocenters. The monoisotopic (exact) mass is 365 g/mol. The van der Waals surface area contributed by atoms with Crippen molar-refractivity contribution in [3.05, 3.63) is 6.33 Å². The molecule has 0 saturated carbocycles. The van der Waals surface area contributed by atoms with Gasteiger partial charge in [0.05, 0.1) is 6.61 Å². The van der Waals surface area contributed by atoms with Crippen molar-refractivity contribution in [3.8, 4) is 0 Å². The quantitative estimate of drug-likeness (QED) is 0.660. The van der Waals surface area contributed by atoms with E-state index in [9.17, 15) is 4.21 Å². The standard InChI is InChI=1S/C15H23N7O2S/c1-10(2)19-13-11-12(17-9-18-13)14(21-15(20-11)16-3-6-23)22-4-7-25(24)8-5-22/h9-10,23H,3-8H2,1-2H3,(H,16,20,21)(H,17,18,19). The van der Waals surface area contributed by atoms with E-state index in [0.29, 0.717) is 59.8 Å². The third kappa shape index (κ3) is 4.13. The van der Waals surface area contributed by atoms with Crippen LogP contribution in [0.5, 0.6) is 0 Å². The highest BCUT2D eigenvalue weighted by atomic mass is 32.2. The number of hydrogen-bond acceptors (Lipinski definition) is 9. The molecular formula is C15H23N7O2S. The van der Waals surface area contributed by atoms with Gasteiger partial charge in [0.25, 0.3) is 0 Å². The zero-order valence-electron chi connectivity index (χ0n) is 14.4. The zero-order valence-corrected chi connectivity index (χ0v) is 15.2. The molecule has 0 amide bonds. The van der Waals surface area contributed by atoms with E-state index < -0.39 is 10.8 Å². The molecule has 0 spiro atoms. The predicted molar refractivity (Wildman–Crippen MR) is 99.6 cm³/mol. The third-order valence-electron chi connectivity index (χ3n) is 3.76. The van der Waals surface area contributed by atoms with Crippen LogP contribution in [0.3, 0.4) is 0 Å². The topological polar surface area (TPSA) is 116 Å².